The zero-order valence-corrected chi connectivity index (χ0v) is 7.07. The maximum absolute atomic E-state index is 5.68. The maximum atomic E-state index is 5.68. The second kappa shape index (κ2) is 4.34. The molecule has 0 saturated carbocycles. The van der Waals surface area contributed by atoms with Gasteiger partial charge in [-0.3, -0.25) is 0 Å². The van der Waals surface area contributed by atoms with Crippen molar-refractivity contribution < 1.29 is 0 Å². The number of hydrogen-bond donors (Lipinski definition) is 1. The number of aliphatic imine (C=N–C) groups is 1. The molecule has 1 aromatic rings. The Bertz CT molecular complexity index is 286. The van der Waals surface area contributed by atoms with Crippen LogP contribution in [0.15, 0.2) is 47.6 Å². The molecular weight excluding hydrogens is 148 g/mol. The Morgan fingerprint density at radius 3 is 2.58 bits per heavy atom. The van der Waals surface area contributed by atoms with Gasteiger partial charge in [0.05, 0.1) is 0 Å². The summed E-state index contributed by atoms with van der Waals surface area (Å²) in [6, 6.07) is 9.69. The van der Waals surface area contributed by atoms with Gasteiger partial charge in [-0.25, -0.2) is 4.99 Å². The van der Waals surface area contributed by atoms with Gasteiger partial charge in [0.25, 0.3) is 0 Å². The average molecular weight is 160 g/mol. The highest BCUT2D eigenvalue weighted by Crippen LogP contribution is 1.97. The number of nitrogens with zero attached hydrogens (tertiary/aromatic N) is 1. The van der Waals surface area contributed by atoms with Crippen LogP contribution in [-0.4, -0.2) is 5.84 Å². The molecule has 0 aliphatic heterocycles. The fraction of sp³-hybridized carbons (Fsp3) is 0.100. The van der Waals surface area contributed by atoms with Crippen LogP contribution < -0.4 is 5.73 Å². The summed E-state index contributed by atoms with van der Waals surface area (Å²) < 4.78 is 0. The van der Waals surface area contributed by atoms with E-state index in [-0.39, 0.29) is 0 Å². The van der Waals surface area contributed by atoms with E-state index in [0.717, 1.165) is 5.56 Å². The molecule has 0 spiro atoms. The summed E-state index contributed by atoms with van der Waals surface area (Å²) in [7, 11) is 0. The van der Waals surface area contributed by atoms with Crippen LogP contribution >= 0.6 is 0 Å². The zero-order valence-electron chi connectivity index (χ0n) is 7.07. The van der Waals surface area contributed by atoms with E-state index in [4.69, 9.17) is 5.73 Å². The quantitative estimate of drug-likeness (QED) is 0.521. The van der Waals surface area contributed by atoms with Crippen LogP contribution in [0.2, 0.25) is 0 Å². The first kappa shape index (κ1) is 8.53. The topological polar surface area (TPSA) is 38.4 Å². The minimum atomic E-state index is 0.550. The standard InChI is InChI=1S/C10H12N2/c1-2-8-12-10(11)9-6-4-3-5-7-9/h2-8H,1H3,(H2,11,12). The third-order valence-electron chi connectivity index (χ3n) is 1.43. The van der Waals surface area contributed by atoms with Crippen LogP contribution in [-0.2, 0) is 0 Å². The first-order valence-electron chi connectivity index (χ1n) is 3.84. The van der Waals surface area contributed by atoms with Crippen molar-refractivity contribution in [1.29, 1.82) is 0 Å². The molecule has 1 rings (SSSR count). The lowest BCUT2D eigenvalue weighted by molar-refractivity contribution is 1.45. The Morgan fingerprint density at radius 1 is 1.33 bits per heavy atom. The number of nitrogens with two attached hydrogens (primary N) is 1. The average Bonchev–Trinajstić information content (AvgIpc) is 2.15. The van der Waals surface area contributed by atoms with Crippen molar-refractivity contribution in [2.24, 2.45) is 10.7 Å². The largest absolute Gasteiger partial charge is 0.383 e. The summed E-state index contributed by atoms with van der Waals surface area (Å²) in [4.78, 5) is 4.03. The molecule has 2 heteroatoms. The second-order valence-corrected chi connectivity index (χ2v) is 2.36. The lowest BCUT2D eigenvalue weighted by atomic mass is 10.2. The fourth-order valence-electron chi connectivity index (χ4n) is 0.838. The summed E-state index contributed by atoms with van der Waals surface area (Å²) in [5.41, 5.74) is 6.63. The van der Waals surface area contributed by atoms with E-state index in [2.05, 4.69) is 4.99 Å². The molecule has 0 aliphatic carbocycles. The van der Waals surface area contributed by atoms with E-state index < -0.39 is 0 Å². The molecule has 2 N–H and O–H groups in total. The third-order valence-corrected chi connectivity index (χ3v) is 1.43. The molecule has 0 aliphatic rings. The van der Waals surface area contributed by atoms with Crippen LogP contribution in [0.1, 0.15) is 12.5 Å². The number of hydrogen-bond acceptors (Lipinski definition) is 1. The Hall–Kier alpha value is -1.57. The molecule has 2 nitrogen and oxygen atoms in total. The first-order chi connectivity index (χ1) is 5.84. The first-order valence-corrected chi connectivity index (χ1v) is 3.84. The van der Waals surface area contributed by atoms with Crippen molar-refractivity contribution in [3.05, 3.63) is 48.2 Å². The summed E-state index contributed by atoms with van der Waals surface area (Å²) in [5.74, 6) is 0.550. The van der Waals surface area contributed by atoms with Crippen LogP contribution in [0.3, 0.4) is 0 Å². The molecule has 0 fully saturated rings. The highest BCUT2D eigenvalue weighted by molar-refractivity contribution is 5.97. The molecule has 12 heavy (non-hydrogen) atoms. The van der Waals surface area contributed by atoms with Gasteiger partial charge in [-0.2, -0.15) is 0 Å². The molecular formula is C10H12N2. The monoisotopic (exact) mass is 160 g/mol. The van der Waals surface area contributed by atoms with Crippen LogP contribution in [0.5, 0.6) is 0 Å². The lowest BCUT2D eigenvalue weighted by Gasteiger charge is -1.96. The molecule has 0 radical (unpaired) electrons. The van der Waals surface area contributed by atoms with E-state index in [1.807, 2.05) is 43.3 Å². The number of rotatable bonds is 2. The van der Waals surface area contributed by atoms with Gasteiger partial charge >= 0.3 is 0 Å². The highest BCUT2D eigenvalue weighted by atomic mass is 14.8. The van der Waals surface area contributed by atoms with Crippen molar-refractivity contribution in [3.8, 4) is 0 Å². The summed E-state index contributed by atoms with van der Waals surface area (Å²) >= 11 is 0. The molecule has 0 saturated heterocycles. The van der Waals surface area contributed by atoms with E-state index in [1.54, 1.807) is 6.20 Å². The van der Waals surface area contributed by atoms with Crippen LogP contribution in [0.4, 0.5) is 0 Å². The highest BCUT2D eigenvalue weighted by Gasteiger charge is 1.92. The van der Waals surface area contributed by atoms with Gasteiger partial charge < -0.3 is 5.73 Å². The zero-order chi connectivity index (χ0) is 8.81. The summed E-state index contributed by atoms with van der Waals surface area (Å²) in [6.45, 7) is 1.90. The van der Waals surface area contributed by atoms with Crippen molar-refractivity contribution in [2.45, 2.75) is 6.92 Å². The smallest absolute Gasteiger partial charge is 0.130 e. The van der Waals surface area contributed by atoms with E-state index in [9.17, 15) is 0 Å². The van der Waals surface area contributed by atoms with Crippen molar-refractivity contribution in [2.75, 3.05) is 0 Å². The van der Waals surface area contributed by atoms with Crippen molar-refractivity contribution >= 4 is 5.84 Å². The third kappa shape index (κ3) is 2.23. The molecule has 0 bridgehead atoms. The molecule has 0 heterocycles. The van der Waals surface area contributed by atoms with Crippen molar-refractivity contribution in [1.82, 2.24) is 0 Å². The second-order valence-electron chi connectivity index (χ2n) is 2.36. The molecule has 1 aromatic carbocycles. The van der Waals surface area contributed by atoms with Gasteiger partial charge in [0.1, 0.15) is 5.84 Å². The molecule has 0 unspecified atom stereocenters. The number of allylic oxidation sites excluding steroid dienone is 1. The Balaban J connectivity index is 2.85. The molecule has 62 valence electrons. The fourth-order valence-corrected chi connectivity index (χ4v) is 0.838. The van der Waals surface area contributed by atoms with Crippen LogP contribution in [0, 0.1) is 0 Å². The Kier molecular flexibility index (Phi) is 3.08. The molecule has 0 aromatic heterocycles. The van der Waals surface area contributed by atoms with Gasteiger partial charge in [-0.05, 0) is 6.92 Å². The lowest BCUT2D eigenvalue weighted by Crippen LogP contribution is -2.12. The van der Waals surface area contributed by atoms with E-state index in [1.165, 1.54) is 0 Å². The van der Waals surface area contributed by atoms with Gasteiger partial charge in [0, 0.05) is 11.8 Å². The van der Waals surface area contributed by atoms with Gasteiger partial charge in [-0.15, -0.1) is 0 Å². The van der Waals surface area contributed by atoms with E-state index in [0.29, 0.717) is 5.84 Å². The van der Waals surface area contributed by atoms with Gasteiger partial charge in [0.2, 0.25) is 0 Å². The summed E-state index contributed by atoms with van der Waals surface area (Å²) in [6.07, 6.45) is 3.53. The van der Waals surface area contributed by atoms with Gasteiger partial charge in [-0.1, -0.05) is 36.4 Å². The minimum Gasteiger partial charge on any atom is -0.383 e. The maximum Gasteiger partial charge on any atom is 0.130 e. The van der Waals surface area contributed by atoms with Crippen molar-refractivity contribution in [3.63, 3.8) is 0 Å². The predicted octanol–water partition coefficient (Wildman–Crippen LogP) is 1.93. The normalized spacial score (nSPS) is 12.2. The summed E-state index contributed by atoms with van der Waals surface area (Å²) in [5, 5.41) is 0. The Labute approximate surface area is 72.4 Å². The number of benzene rings is 1. The van der Waals surface area contributed by atoms with Crippen LogP contribution in [0.25, 0.3) is 0 Å². The minimum absolute atomic E-state index is 0.550. The predicted molar refractivity (Wildman–Crippen MR) is 52.0 cm³/mol. The Morgan fingerprint density at radius 2 is 2.00 bits per heavy atom. The SMILES string of the molecule is CC=CN=C(N)c1ccccc1. The van der Waals surface area contributed by atoms with E-state index >= 15 is 0 Å². The van der Waals surface area contributed by atoms with Gasteiger partial charge in [0.15, 0.2) is 0 Å². The number of amidine groups is 1. The molecule has 0 amide bonds. The molecule has 0 atom stereocenters.